The van der Waals surface area contributed by atoms with Gasteiger partial charge in [-0.05, 0) is 25.1 Å². The van der Waals surface area contributed by atoms with Crippen molar-refractivity contribution in [3.8, 4) is 0 Å². The van der Waals surface area contributed by atoms with Gasteiger partial charge in [-0.15, -0.1) is 11.3 Å². The molecular formula is C18H24N4O2S. The van der Waals surface area contributed by atoms with Gasteiger partial charge < -0.3 is 10.1 Å². The first-order valence-corrected chi connectivity index (χ1v) is 9.57. The van der Waals surface area contributed by atoms with Gasteiger partial charge in [0.25, 0.3) is 5.91 Å². The van der Waals surface area contributed by atoms with E-state index >= 15 is 0 Å². The van der Waals surface area contributed by atoms with E-state index in [0.29, 0.717) is 30.2 Å². The molecule has 2 saturated heterocycles. The van der Waals surface area contributed by atoms with Crippen molar-refractivity contribution in [3.05, 3.63) is 39.8 Å². The van der Waals surface area contributed by atoms with Crippen LogP contribution in [0.3, 0.4) is 0 Å². The molecule has 0 aliphatic carbocycles. The Balaban J connectivity index is 1.31. The van der Waals surface area contributed by atoms with Crippen LogP contribution in [-0.2, 0) is 18.3 Å². The number of hydrogen-bond acceptors (Lipinski definition) is 5. The molecule has 7 heteroatoms. The van der Waals surface area contributed by atoms with Crippen molar-refractivity contribution in [2.45, 2.75) is 19.6 Å². The SMILES string of the molecule is Cc1ccc(CN2C[C@@H]3[C@@H](CNC(=O)c4ccnn4C)CO[C@@H]3C2)s1. The summed E-state index contributed by atoms with van der Waals surface area (Å²) in [5.41, 5.74) is 0.594. The Morgan fingerprint density at radius 2 is 2.28 bits per heavy atom. The number of nitrogens with zero attached hydrogens (tertiary/aromatic N) is 3. The molecule has 25 heavy (non-hydrogen) atoms. The molecular weight excluding hydrogens is 336 g/mol. The van der Waals surface area contributed by atoms with E-state index in [1.54, 1.807) is 24.0 Å². The molecule has 4 heterocycles. The summed E-state index contributed by atoms with van der Waals surface area (Å²) in [6.07, 6.45) is 1.95. The lowest BCUT2D eigenvalue weighted by Crippen LogP contribution is -2.35. The topological polar surface area (TPSA) is 59.4 Å². The normalized spacial score (nSPS) is 26.1. The van der Waals surface area contributed by atoms with E-state index in [0.717, 1.165) is 26.2 Å². The number of thiophene rings is 1. The van der Waals surface area contributed by atoms with Crippen LogP contribution in [0.2, 0.25) is 0 Å². The minimum absolute atomic E-state index is 0.0626. The molecule has 4 rings (SSSR count). The van der Waals surface area contributed by atoms with E-state index in [2.05, 4.69) is 34.4 Å². The first-order valence-electron chi connectivity index (χ1n) is 8.75. The Morgan fingerprint density at radius 1 is 1.40 bits per heavy atom. The van der Waals surface area contributed by atoms with Crippen LogP contribution in [0.5, 0.6) is 0 Å². The fraction of sp³-hybridized carbons (Fsp3) is 0.556. The van der Waals surface area contributed by atoms with E-state index < -0.39 is 0 Å². The molecule has 0 saturated carbocycles. The molecule has 3 atom stereocenters. The number of carbonyl (C=O) groups excluding carboxylic acids is 1. The Bertz CT molecular complexity index is 756. The van der Waals surface area contributed by atoms with Crippen molar-refractivity contribution >= 4 is 17.2 Å². The quantitative estimate of drug-likeness (QED) is 0.881. The summed E-state index contributed by atoms with van der Waals surface area (Å²) in [4.78, 5) is 17.5. The van der Waals surface area contributed by atoms with Crippen molar-refractivity contribution in [2.75, 3.05) is 26.2 Å². The zero-order chi connectivity index (χ0) is 17.4. The number of nitrogens with one attached hydrogen (secondary N) is 1. The van der Waals surface area contributed by atoms with Crippen LogP contribution in [0.25, 0.3) is 0 Å². The molecule has 0 radical (unpaired) electrons. The highest BCUT2D eigenvalue weighted by Gasteiger charge is 2.43. The molecule has 0 bridgehead atoms. The van der Waals surface area contributed by atoms with Gasteiger partial charge in [0.1, 0.15) is 5.69 Å². The smallest absolute Gasteiger partial charge is 0.269 e. The van der Waals surface area contributed by atoms with E-state index in [1.807, 2.05) is 11.3 Å². The van der Waals surface area contributed by atoms with Gasteiger partial charge in [0.05, 0.1) is 12.7 Å². The van der Waals surface area contributed by atoms with Crippen molar-refractivity contribution in [2.24, 2.45) is 18.9 Å². The monoisotopic (exact) mass is 360 g/mol. The molecule has 0 aromatic carbocycles. The highest BCUT2D eigenvalue weighted by Crippen LogP contribution is 2.34. The van der Waals surface area contributed by atoms with Gasteiger partial charge in [-0.2, -0.15) is 5.10 Å². The fourth-order valence-electron chi connectivity index (χ4n) is 3.92. The zero-order valence-electron chi connectivity index (χ0n) is 14.6. The number of aromatic nitrogens is 2. The Labute approximate surface area is 151 Å². The molecule has 134 valence electrons. The minimum atomic E-state index is -0.0626. The zero-order valence-corrected chi connectivity index (χ0v) is 15.5. The average Bonchev–Trinajstić information content (AvgIpc) is 3.32. The second-order valence-electron chi connectivity index (χ2n) is 7.05. The predicted octanol–water partition coefficient (Wildman–Crippen LogP) is 1.67. The van der Waals surface area contributed by atoms with Crippen LogP contribution in [0.4, 0.5) is 0 Å². The number of hydrogen-bond donors (Lipinski definition) is 1. The van der Waals surface area contributed by atoms with Crippen LogP contribution < -0.4 is 5.32 Å². The lowest BCUT2D eigenvalue weighted by Gasteiger charge is -2.19. The number of fused-ring (bicyclic) bond motifs is 1. The van der Waals surface area contributed by atoms with Crippen LogP contribution in [-0.4, -0.2) is 52.9 Å². The van der Waals surface area contributed by atoms with E-state index in [4.69, 9.17) is 4.74 Å². The summed E-state index contributed by atoms with van der Waals surface area (Å²) in [7, 11) is 1.78. The maximum absolute atomic E-state index is 12.3. The third-order valence-corrected chi connectivity index (χ3v) is 6.25. The summed E-state index contributed by atoms with van der Waals surface area (Å²) >= 11 is 1.87. The third-order valence-electron chi connectivity index (χ3n) is 5.27. The summed E-state index contributed by atoms with van der Waals surface area (Å²) in [6, 6.07) is 6.15. The summed E-state index contributed by atoms with van der Waals surface area (Å²) in [6.45, 7) is 6.60. The fourth-order valence-corrected chi connectivity index (χ4v) is 4.85. The molecule has 1 N–H and O–H groups in total. The van der Waals surface area contributed by atoms with Crippen LogP contribution in [0, 0.1) is 18.8 Å². The summed E-state index contributed by atoms with van der Waals surface area (Å²) in [5, 5.41) is 7.10. The maximum Gasteiger partial charge on any atom is 0.269 e. The standard InChI is InChI=1S/C18H24N4O2S/c1-12-3-4-14(25-12)8-22-9-15-13(11-24-17(15)10-22)7-19-18(23)16-5-6-20-21(16)2/h3-6,13,15,17H,7-11H2,1-2H3,(H,19,23)/t13-,15+,17+/m0/s1. The maximum atomic E-state index is 12.3. The number of likely N-dealkylation sites (tertiary alicyclic amines) is 1. The molecule has 2 aliphatic heterocycles. The van der Waals surface area contributed by atoms with Crippen molar-refractivity contribution < 1.29 is 9.53 Å². The van der Waals surface area contributed by atoms with Gasteiger partial charge in [-0.25, -0.2) is 0 Å². The van der Waals surface area contributed by atoms with E-state index in [1.165, 1.54) is 9.75 Å². The largest absolute Gasteiger partial charge is 0.376 e. The number of rotatable bonds is 5. The molecule has 2 aromatic heterocycles. The van der Waals surface area contributed by atoms with Crippen molar-refractivity contribution in [1.82, 2.24) is 20.0 Å². The molecule has 2 aliphatic rings. The van der Waals surface area contributed by atoms with Crippen LogP contribution in [0.1, 0.15) is 20.2 Å². The van der Waals surface area contributed by atoms with E-state index in [9.17, 15) is 4.79 Å². The Morgan fingerprint density at radius 3 is 3.00 bits per heavy atom. The Hall–Kier alpha value is -1.70. The first-order chi connectivity index (χ1) is 12.1. The van der Waals surface area contributed by atoms with E-state index in [-0.39, 0.29) is 5.91 Å². The number of ether oxygens (including phenoxy) is 1. The van der Waals surface area contributed by atoms with Gasteiger partial charge in [0.15, 0.2) is 0 Å². The van der Waals surface area contributed by atoms with Gasteiger partial charge in [0, 0.05) is 61.0 Å². The number of amides is 1. The number of aryl methyl sites for hydroxylation is 2. The van der Waals surface area contributed by atoms with Gasteiger partial charge in [0.2, 0.25) is 0 Å². The number of carbonyl (C=O) groups is 1. The molecule has 2 fully saturated rings. The molecule has 6 nitrogen and oxygen atoms in total. The summed E-state index contributed by atoms with van der Waals surface area (Å²) in [5.74, 6) is 0.831. The second-order valence-corrected chi connectivity index (χ2v) is 8.42. The average molecular weight is 360 g/mol. The van der Waals surface area contributed by atoms with Crippen LogP contribution in [0.15, 0.2) is 24.4 Å². The lowest BCUT2D eigenvalue weighted by atomic mass is 9.93. The van der Waals surface area contributed by atoms with Crippen LogP contribution >= 0.6 is 11.3 Å². The van der Waals surface area contributed by atoms with Gasteiger partial charge in [-0.3, -0.25) is 14.4 Å². The van der Waals surface area contributed by atoms with Crippen molar-refractivity contribution in [3.63, 3.8) is 0 Å². The predicted molar refractivity (Wildman–Crippen MR) is 96.6 cm³/mol. The summed E-state index contributed by atoms with van der Waals surface area (Å²) < 4.78 is 7.60. The van der Waals surface area contributed by atoms with Gasteiger partial charge in [-0.1, -0.05) is 0 Å². The molecule has 1 amide bonds. The van der Waals surface area contributed by atoms with Gasteiger partial charge >= 0.3 is 0 Å². The second kappa shape index (κ2) is 6.90. The first kappa shape index (κ1) is 16.8. The highest BCUT2D eigenvalue weighted by atomic mass is 32.1. The molecule has 0 spiro atoms. The molecule has 2 aromatic rings. The van der Waals surface area contributed by atoms with Crippen molar-refractivity contribution in [1.29, 1.82) is 0 Å². The minimum Gasteiger partial charge on any atom is -0.376 e. The molecule has 0 unspecified atom stereocenters. The third kappa shape index (κ3) is 3.49. The Kier molecular flexibility index (Phi) is 4.62. The lowest BCUT2D eigenvalue weighted by molar-refractivity contribution is 0.0899. The highest BCUT2D eigenvalue weighted by molar-refractivity contribution is 7.11.